The topological polar surface area (TPSA) is 87.0 Å². The number of methoxy groups -OCH3 is 2. The third-order valence-corrected chi connectivity index (χ3v) is 7.21. The van der Waals surface area contributed by atoms with Gasteiger partial charge in [-0.2, -0.15) is 4.99 Å². The van der Waals surface area contributed by atoms with E-state index >= 15 is 0 Å². The normalized spacial score (nSPS) is 12.4. The van der Waals surface area contributed by atoms with E-state index in [1.807, 2.05) is 0 Å². The van der Waals surface area contributed by atoms with Gasteiger partial charge in [-0.05, 0) is 30.3 Å². The highest BCUT2D eigenvalue weighted by molar-refractivity contribution is 7.91. The van der Waals surface area contributed by atoms with Crippen LogP contribution in [0, 0.1) is 0 Å². The summed E-state index contributed by atoms with van der Waals surface area (Å²) >= 11 is 1.29. The molecular formula is C19H20N2O5S2. The molecule has 0 N–H and O–H groups in total. The molecule has 2 aromatic carbocycles. The maximum Gasteiger partial charge on any atom is 0.279 e. The highest BCUT2D eigenvalue weighted by Gasteiger charge is 2.16. The molecule has 0 bridgehead atoms. The second kappa shape index (κ2) is 7.76. The Labute approximate surface area is 166 Å². The van der Waals surface area contributed by atoms with E-state index in [0.717, 1.165) is 10.2 Å². The molecule has 1 amide bonds. The minimum atomic E-state index is -3.40. The Morgan fingerprint density at radius 2 is 1.82 bits per heavy atom. The van der Waals surface area contributed by atoms with Crippen LogP contribution < -0.4 is 14.3 Å². The zero-order valence-electron chi connectivity index (χ0n) is 15.9. The van der Waals surface area contributed by atoms with Crippen molar-refractivity contribution < 1.29 is 22.7 Å². The van der Waals surface area contributed by atoms with Gasteiger partial charge in [-0.15, -0.1) is 0 Å². The second-order valence-corrected chi connectivity index (χ2v) is 9.20. The molecule has 0 fully saturated rings. The number of fused-ring (bicyclic) bond motifs is 1. The predicted octanol–water partition coefficient (Wildman–Crippen LogP) is 2.79. The van der Waals surface area contributed by atoms with Crippen LogP contribution in [0.2, 0.25) is 0 Å². The number of sulfone groups is 1. The molecule has 0 radical (unpaired) electrons. The Bertz CT molecular complexity index is 1220. The minimum Gasteiger partial charge on any atom is -0.495 e. The fourth-order valence-electron chi connectivity index (χ4n) is 2.77. The molecule has 28 heavy (non-hydrogen) atoms. The third-order valence-electron chi connectivity index (χ3n) is 4.33. The highest BCUT2D eigenvalue weighted by atomic mass is 32.2. The number of aromatic nitrogens is 1. The number of hydrogen-bond acceptors (Lipinski definition) is 6. The van der Waals surface area contributed by atoms with E-state index in [9.17, 15) is 13.2 Å². The third kappa shape index (κ3) is 3.55. The van der Waals surface area contributed by atoms with Crippen LogP contribution in [-0.2, 0) is 16.9 Å². The van der Waals surface area contributed by atoms with Gasteiger partial charge in [0.05, 0.1) is 24.9 Å². The Hall–Kier alpha value is -2.65. The van der Waals surface area contributed by atoms with E-state index in [4.69, 9.17) is 9.47 Å². The highest BCUT2D eigenvalue weighted by Crippen LogP contribution is 2.34. The number of amides is 1. The summed E-state index contributed by atoms with van der Waals surface area (Å²) in [5, 5.41) is 0. The van der Waals surface area contributed by atoms with Crippen LogP contribution in [0.3, 0.4) is 0 Å². The van der Waals surface area contributed by atoms with Crippen molar-refractivity contribution in [2.24, 2.45) is 12.0 Å². The number of aryl methyl sites for hydroxylation is 1. The molecule has 1 aromatic heterocycles. The molecule has 0 aliphatic rings. The van der Waals surface area contributed by atoms with Crippen LogP contribution in [0.15, 0.2) is 46.3 Å². The van der Waals surface area contributed by atoms with Crippen molar-refractivity contribution in [1.29, 1.82) is 0 Å². The summed E-state index contributed by atoms with van der Waals surface area (Å²) in [7, 11) is 1.52. The SMILES string of the molecule is CCS(=O)(=O)c1cccc(C(=O)N=c2sc3c(OC)ccc(OC)c3n2C)c1. The molecule has 0 unspecified atom stereocenters. The van der Waals surface area contributed by atoms with Gasteiger partial charge >= 0.3 is 0 Å². The largest absolute Gasteiger partial charge is 0.495 e. The van der Waals surface area contributed by atoms with E-state index in [0.29, 0.717) is 16.3 Å². The summed E-state index contributed by atoms with van der Waals surface area (Å²) in [4.78, 5) is 17.5. The predicted molar refractivity (Wildman–Crippen MR) is 108 cm³/mol. The lowest BCUT2D eigenvalue weighted by Gasteiger charge is -2.06. The quantitative estimate of drug-likeness (QED) is 0.633. The standard InChI is InChI=1S/C19H20N2O5S2/c1-5-28(23,24)13-8-6-7-12(11-13)18(22)20-19-21(2)16-14(25-3)9-10-15(26-4)17(16)27-19/h6-11H,5H2,1-4H3. The van der Waals surface area contributed by atoms with Crippen molar-refractivity contribution in [1.82, 2.24) is 4.57 Å². The Kier molecular flexibility index (Phi) is 5.57. The molecule has 9 heteroatoms. The molecule has 148 valence electrons. The first-order chi connectivity index (χ1) is 13.3. The monoisotopic (exact) mass is 420 g/mol. The second-order valence-electron chi connectivity index (χ2n) is 5.94. The maximum atomic E-state index is 12.7. The lowest BCUT2D eigenvalue weighted by Crippen LogP contribution is -2.14. The van der Waals surface area contributed by atoms with Gasteiger partial charge in [-0.25, -0.2) is 8.42 Å². The van der Waals surface area contributed by atoms with Crippen molar-refractivity contribution >= 4 is 37.3 Å². The van der Waals surface area contributed by atoms with Crippen LogP contribution >= 0.6 is 11.3 Å². The summed E-state index contributed by atoms with van der Waals surface area (Å²) in [6, 6.07) is 9.52. The lowest BCUT2D eigenvalue weighted by atomic mass is 10.2. The first kappa shape index (κ1) is 20.1. The van der Waals surface area contributed by atoms with Gasteiger partial charge in [0.25, 0.3) is 5.91 Å². The van der Waals surface area contributed by atoms with Gasteiger partial charge in [0.1, 0.15) is 21.7 Å². The van der Waals surface area contributed by atoms with Crippen molar-refractivity contribution in [3.8, 4) is 11.5 Å². The molecule has 3 rings (SSSR count). The van der Waals surface area contributed by atoms with Crippen LogP contribution in [-0.4, -0.2) is 38.9 Å². The molecule has 3 aromatic rings. The molecule has 0 spiro atoms. The fourth-order valence-corrected chi connectivity index (χ4v) is 4.82. The number of benzene rings is 2. The number of ether oxygens (including phenoxy) is 2. The lowest BCUT2D eigenvalue weighted by molar-refractivity contribution is 0.0997. The molecule has 0 aliphatic heterocycles. The zero-order valence-corrected chi connectivity index (χ0v) is 17.6. The van der Waals surface area contributed by atoms with Gasteiger partial charge in [0.2, 0.25) is 0 Å². The van der Waals surface area contributed by atoms with E-state index in [-0.39, 0.29) is 16.2 Å². The van der Waals surface area contributed by atoms with Crippen molar-refractivity contribution in [3.05, 3.63) is 46.8 Å². The molecule has 7 nitrogen and oxygen atoms in total. The minimum absolute atomic E-state index is 0.0351. The molecular weight excluding hydrogens is 400 g/mol. The Balaban J connectivity index is 2.14. The Morgan fingerprint density at radius 1 is 1.14 bits per heavy atom. The maximum absolute atomic E-state index is 12.7. The van der Waals surface area contributed by atoms with Gasteiger partial charge < -0.3 is 14.0 Å². The number of carbonyl (C=O) groups excluding carboxylic acids is 1. The van der Waals surface area contributed by atoms with Crippen molar-refractivity contribution in [2.45, 2.75) is 11.8 Å². The number of hydrogen-bond donors (Lipinski definition) is 0. The van der Waals surface area contributed by atoms with Gasteiger partial charge in [0.15, 0.2) is 14.6 Å². The van der Waals surface area contributed by atoms with E-state index in [1.54, 1.807) is 57.0 Å². The molecule has 0 aliphatic carbocycles. The van der Waals surface area contributed by atoms with Crippen molar-refractivity contribution in [3.63, 3.8) is 0 Å². The first-order valence-corrected chi connectivity index (χ1v) is 10.9. The summed E-state index contributed by atoms with van der Waals surface area (Å²) in [5.41, 5.74) is 0.978. The van der Waals surface area contributed by atoms with Crippen LogP contribution in [0.25, 0.3) is 10.2 Å². The van der Waals surface area contributed by atoms with E-state index in [2.05, 4.69) is 4.99 Å². The Morgan fingerprint density at radius 3 is 2.46 bits per heavy atom. The van der Waals surface area contributed by atoms with E-state index < -0.39 is 15.7 Å². The van der Waals surface area contributed by atoms with Gasteiger partial charge in [-0.1, -0.05) is 24.3 Å². The molecule has 0 saturated carbocycles. The van der Waals surface area contributed by atoms with Crippen LogP contribution in [0.1, 0.15) is 17.3 Å². The molecule has 1 heterocycles. The number of carbonyl (C=O) groups is 1. The molecule has 0 atom stereocenters. The summed E-state index contributed by atoms with van der Waals surface area (Å²) in [5.74, 6) is 0.737. The smallest absolute Gasteiger partial charge is 0.279 e. The average Bonchev–Trinajstić information content (AvgIpc) is 3.03. The summed E-state index contributed by atoms with van der Waals surface area (Å²) in [6.45, 7) is 1.56. The van der Waals surface area contributed by atoms with Crippen molar-refractivity contribution in [2.75, 3.05) is 20.0 Å². The summed E-state index contributed by atoms with van der Waals surface area (Å²) in [6.07, 6.45) is 0. The van der Waals surface area contributed by atoms with E-state index in [1.165, 1.54) is 23.5 Å². The zero-order chi connectivity index (χ0) is 20.5. The number of nitrogens with zero attached hydrogens (tertiary/aromatic N) is 2. The fraction of sp³-hybridized carbons (Fsp3) is 0.263. The summed E-state index contributed by atoms with van der Waals surface area (Å²) < 4.78 is 37.5. The van der Waals surface area contributed by atoms with Gasteiger partial charge in [-0.3, -0.25) is 4.79 Å². The first-order valence-electron chi connectivity index (χ1n) is 8.44. The molecule has 0 saturated heterocycles. The number of rotatable bonds is 5. The number of thiazole rings is 1. The average molecular weight is 421 g/mol. The van der Waals surface area contributed by atoms with Crippen LogP contribution in [0.5, 0.6) is 11.5 Å². The van der Waals surface area contributed by atoms with Gasteiger partial charge in [0, 0.05) is 12.6 Å². The van der Waals surface area contributed by atoms with Crippen LogP contribution in [0.4, 0.5) is 0 Å².